The molecule has 0 radical (unpaired) electrons. The van der Waals surface area contributed by atoms with Crippen LogP contribution in [0.4, 0.5) is 10.7 Å². The third-order valence-corrected chi connectivity index (χ3v) is 3.44. The van der Waals surface area contributed by atoms with Crippen molar-refractivity contribution in [2.24, 2.45) is 0 Å². The Bertz CT molecular complexity index is 672. The number of benzene rings is 1. The number of aromatic nitrogens is 2. The van der Waals surface area contributed by atoms with Crippen molar-refractivity contribution in [1.29, 1.82) is 0 Å². The minimum absolute atomic E-state index is 0.0879. The number of anilines is 1. The van der Waals surface area contributed by atoms with Crippen molar-refractivity contribution in [1.82, 2.24) is 14.9 Å². The van der Waals surface area contributed by atoms with Crippen LogP contribution in [0.15, 0.2) is 42.7 Å². The molecule has 0 aliphatic rings. The number of nitrogens with two attached hydrogens (primary N) is 1. The van der Waals surface area contributed by atoms with E-state index in [1.165, 1.54) is 0 Å². The van der Waals surface area contributed by atoms with E-state index in [0.29, 0.717) is 18.9 Å². The molecular formula is C16H20N4O4. The minimum atomic E-state index is -1.11. The lowest BCUT2D eigenvalue weighted by Gasteiger charge is -2.15. The summed E-state index contributed by atoms with van der Waals surface area (Å²) in [4.78, 5) is 26.9. The topological polar surface area (TPSA) is 119 Å². The molecule has 1 aromatic carbocycles. The van der Waals surface area contributed by atoms with E-state index in [9.17, 15) is 14.7 Å². The quantitative estimate of drug-likeness (QED) is 0.676. The second-order valence-corrected chi connectivity index (χ2v) is 5.22. The van der Waals surface area contributed by atoms with Crippen LogP contribution in [0.5, 0.6) is 0 Å². The van der Waals surface area contributed by atoms with Gasteiger partial charge in [0.05, 0.1) is 0 Å². The molecule has 0 saturated carbocycles. The number of carboxylic acids is 1. The molecule has 128 valence electrons. The van der Waals surface area contributed by atoms with Crippen molar-refractivity contribution >= 4 is 18.0 Å². The third kappa shape index (κ3) is 5.31. The number of nitrogens with one attached hydrogen (secondary N) is 1. The fourth-order valence-electron chi connectivity index (χ4n) is 2.16. The number of amides is 1. The van der Waals surface area contributed by atoms with Crippen molar-refractivity contribution in [3.8, 4) is 0 Å². The first-order chi connectivity index (χ1) is 11.6. The summed E-state index contributed by atoms with van der Waals surface area (Å²) < 4.78 is 6.75. The SMILES string of the molecule is Nc1nccn1CCCC(NC(=O)OCc1ccccc1)C(=O)O. The molecule has 1 aromatic heterocycles. The third-order valence-electron chi connectivity index (χ3n) is 3.44. The summed E-state index contributed by atoms with van der Waals surface area (Å²) in [6.45, 7) is 0.612. The predicted molar refractivity (Wildman–Crippen MR) is 87.1 cm³/mol. The molecule has 8 nitrogen and oxygen atoms in total. The first kappa shape index (κ1) is 17.3. The average molecular weight is 332 g/mol. The highest BCUT2D eigenvalue weighted by molar-refractivity contribution is 5.79. The molecule has 1 heterocycles. The Morgan fingerprint density at radius 2 is 2.08 bits per heavy atom. The van der Waals surface area contributed by atoms with E-state index in [1.54, 1.807) is 17.0 Å². The van der Waals surface area contributed by atoms with E-state index in [-0.39, 0.29) is 13.0 Å². The van der Waals surface area contributed by atoms with Crippen LogP contribution in [0.1, 0.15) is 18.4 Å². The molecule has 0 aliphatic carbocycles. The molecule has 2 rings (SSSR count). The molecule has 8 heteroatoms. The molecule has 0 saturated heterocycles. The number of carbonyl (C=O) groups excluding carboxylic acids is 1. The first-order valence-corrected chi connectivity index (χ1v) is 7.53. The summed E-state index contributed by atoms with van der Waals surface area (Å²) >= 11 is 0. The van der Waals surface area contributed by atoms with Crippen molar-refractivity contribution in [2.45, 2.75) is 32.0 Å². The van der Waals surface area contributed by atoms with Gasteiger partial charge in [-0.15, -0.1) is 0 Å². The Balaban J connectivity index is 1.76. The Morgan fingerprint density at radius 1 is 1.33 bits per heavy atom. The fraction of sp³-hybridized carbons (Fsp3) is 0.312. The summed E-state index contributed by atoms with van der Waals surface area (Å²) in [5, 5.41) is 11.6. The van der Waals surface area contributed by atoms with Gasteiger partial charge in [-0.05, 0) is 18.4 Å². The number of rotatable bonds is 8. The average Bonchev–Trinajstić information content (AvgIpc) is 2.98. The number of alkyl carbamates (subject to hydrolysis) is 1. The standard InChI is InChI=1S/C16H20N4O4/c17-15-18-8-10-20(15)9-4-7-13(14(21)22)19-16(23)24-11-12-5-2-1-3-6-12/h1-3,5-6,8,10,13H,4,7,9,11H2,(H2,17,18)(H,19,23)(H,21,22). The van der Waals surface area contributed by atoms with Gasteiger partial charge in [-0.1, -0.05) is 30.3 Å². The predicted octanol–water partition coefficient (Wildman–Crippen LogP) is 1.63. The summed E-state index contributed by atoms with van der Waals surface area (Å²) in [6, 6.07) is 8.14. The number of aliphatic carboxylic acids is 1. The summed E-state index contributed by atoms with van der Waals surface area (Å²) in [5.41, 5.74) is 6.47. The Kier molecular flexibility index (Phi) is 6.18. The summed E-state index contributed by atoms with van der Waals surface area (Å²) in [5.74, 6) is -0.734. The lowest BCUT2D eigenvalue weighted by atomic mass is 10.1. The number of imidazole rings is 1. The Labute approximate surface area is 139 Å². The molecule has 0 aliphatic heterocycles. The molecule has 24 heavy (non-hydrogen) atoms. The lowest BCUT2D eigenvalue weighted by Crippen LogP contribution is -2.41. The van der Waals surface area contributed by atoms with Gasteiger partial charge in [0.25, 0.3) is 0 Å². The highest BCUT2D eigenvalue weighted by atomic mass is 16.5. The number of carbonyl (C=O) groups is 2. The summed E-state index contributed by atoms with van der Waals surface area (Å²) in [6.07, 6.45) is 3.31. The zero-order valence-corrected chi connectivity index (χ0v) is 13.1. The van der Waals surface area contributed by atoms with Crippen LogP contribution in [0.2, 0.25) is 0 Å². The number of carboxylic acid groups (broad SMARTS) is 1. The number of ether oxygens (including phenoxy) is 1. The highest BCUT2D eigenvalue weighted by Gasteiger charge is 2.20. The molecule has 1 amide bonds. The van der Waals surface area contributed by atoms with E-state index in [2.05, 4.69) is 10.3 Å². The van der Waals surface area contributed by atoms with Gasteiger partial charge in [-0.3, -0.25) is 0 Å². The number of hydrogen-bond donors (Lipinski definition) is 3. The van der Waals surface area contributed by atoms with E-state index < -0.39 is 18.1 Å². The maximum absolute atomic E-state index is 11.7. The number of nitrogens with zero attached hydrogens (tertiary/aromatic N) is 2. The second-order valence-electron chi connectivity index (χ2n) is 5.22. The van der Waals surface area contributed by atoms with Crippen molar-refractivity contribution in [3.05, 3.63) is 48.3 Å². The Morgan fingerprint density at radius 3 is 2.71 bits per heavy atom. The maximum atomic E-state index is 11.7. The second kappa shape index (κ2) is 8.56. The highest BCUT2D eigenvalue weighted by Crippen LogP contribution is 2.06. The minimum Gasteiger partial charge on any atom is -0.480 e. The lowest BCUT2D eigenvalue weighted by molar-refractivity contribution is -0.139. The molecule has 0 spiro atoms. The largest absolute Gasteiger partial charge is 0.480 e. The van der Waals surface area contributed by atoms with Crippen LogP contribution >= 0.6 is 0 Å². The van der Waals surface area contributed by atoms with Crippen molar-refractivity contribution < 1.29 is 19.4 Å². The monoisotopic (exact) mass is 332 g/mol. The Hall–Kier alpha value is -3.03. The molecule has 1 unspecified atom stereocenters. The normalized spacial score (nSPS) is 11.7. The zero-order chi connectivity index (χ0) is 17.4. The molecule has 0 bridgehead atoms. The summed E-state index contributed by atoms with van der Waals surface area (Å²) in [7, 11) is 0. The molecule has 4 N–H and O–H groups in total. The number of aryl methyl sites for hydroxylation is 1. The van der Waals surface area contributed by atoms with Gasteiger partial charge >= 0.3 is 12.1 Å². The van der Waals surface area contributed by atoms with Gasteiger partial charge in [0, 0.05) is 18.9 Å². The van der Waals surface area contributed by atoms with Gasteiger partial charge in [-0.25, -0.2) is 14.6 Å². The zero-order valence-electron chi connectivity index (χ0n) is 13.1. The van der Waals surface area contributed by atoms with Gasteiger partial charge in [0.1, 0.15) is 12.6 Å². The van der Waals surface area contributed by atoms with Gasteiger partial charge in [-0.2, -0.15) is 0 Å². The van der Waals surface area contributed by atoms with E-state index >= 15 is 0 Å². The van der Waals surface area contributed by atoms with Crippen LogP contribution in [0, 0.1) is 0 Å². The molecular weight excluding hydrogens is 312 g/mol. The first-order valence-electron chi connectivity index (χ1n) is 7.53. The van der Waals surface area contributed by atoms with E-state index in [4.69, 9.17) is 10.5 Å². The maximum Gasteiger partial charge on any atom is 0.408 e. The fourth-order valence-corrected chi connectivity index (χ4v) is 2.16. The van der Waals surface area contributed by atoms with Crippen LogP contribution in [-0.4, -0.2) is 32.8 Å². The molecule has 1 atom stereocenters. The van der Waals surface area contributed by atoms with E-state index in [1.807, 2.05) is 30.3 Å². The van der Waals surface area contributed by atoms with Crippen LogP contribution in [0.3, 0.4) is 0 Å². The van der Waals surface area contributed by atoms with Crippen LogP contribution in [0.25, 0.3) is 0 Å². The van der Waals surface area contributed by atoms with Crippen LogP contribution < -0.4 is 11.1 Å². The van der Waals surface area contributed by atoms with Crippen LogP contribution in [-0.2, 0) is 22.7 Å². The van der Waals surface area contributed by atoms with Gasteiger partial charge < -0.3 is 25.5 Å². The van der Waals surface area contributed by atoms with Gasteiger partial charge in [0.2, 0.25) is 0 Å². The van der Waals surface area contributed by atoms with Gasteiger partial charge in [0.15, 0.2) is 5.95 Å². The van der Waals surface area contributed by atoms with Crippen molar-refractivity contribution in [2.75, 3.05) is 5.73 Å². The molecule has 0 fully saturated rings. The van der Waals surface area contributed by atoms with Crippen molar-refractivity contribution in [3.63, 3.8) is 0 Å². The molecule has 2 aromatic rings. The number of hydrogen-bond acceptors (Lipinski definition) is 5. The van der Waals surface area contributed by atoms with E-state index in [0.717, 1.165) is 5.56 Å². The number of nitrogen functional groups attached to an aromatic ring is 1. The smallest absolute Gasteiger partial charge is 0.408 e.